The average molecular weight is 485 g/mol. The Morgan fingerprint density at radius 3 is 2.59 bits per heavy atom. The lowest BCUT2D eigenvalue weighted by Crippen LogP contribution is -2.16. The molecule has 0 bridgehead atoms. The van der Waals surface area contributed by atoms with Gasteiger partial charge in [-0.1, -0.05) is 39.8 Å². The Balaban J connectivity index is 1.67. The zero-order valence-corrected chi connectivity index (χ0v) is 22.7. The molecule has 1 fully saturated rings. The maximum absolute atomic E-state index is 14.5. The summed E-state index contributed by atoms with van der Waals surface area (Å²) in [5.74, 6) is 2.84. The van der Waals surface area contributed by atoms with Crippen LogP contribution >= 0.6 is 11.9 Å². The fraction of sp³-hybridized carbons (Fsp3) is 0.517. The minimum atomic E-state index is -0.247. The van der Waals surface area contributed by atoms with Crippen molar-refractivity contribution < 1.29 is 9.13 Å². The van der Waals surface area contributed by atoms with Gasteiger partial charge in [-0.15, -0.1) is 0 Å². The van der Waals surface area contributed by atoms with Crippen molar-refractivity contribution in [3.8, 4) is 0 Å². The molecule has 1 aliphatic heterocycles. The highest BCUT2D eigenvalue weighted by Gasteiger charge is 2.31. The third-order valence-corrected chi connectivity index (χ3v) is 7.42. The third kappa shape index (κ3) is 6.57. The van der Waals surface area contributed by atoms with Gasteiger partial charge >= 0.3 is 0 Å². The first-order chi connectivity index (χ1) is 16.0. The van der Waals surface area contributed by atoms with Crippen molar-refractivity contribution in [1.29, 1.82) is 0 Å². The number of halogens is 1. The van der Waals surface area contributed by atoms with Crippen LogP contribution in [-0.2, 0) is 11.3 Å². The van der Waals surface area contributed by atoms with Gasteiger partial charge in [0.2, 0.25) is 0 Å². The van der Waals surface area contributed by atoms with E-state index in [-0.39, 0.29) is 11.2 Å². The van der Waals surface area contributed by atoms with E-state index in [1.54, 1.807) is 6.07 Å². The standard InChI is InChI=1S/C29H41FN2OS/c1-9-10-26(33-28(18(2)3)29(6,7)8)22-12-11-21(14-22)19(4)13-20(5)32-25-15-23-17-31-34-27(23)16-24(25)30/h10,13,15-16,21-22,31-32H,5,9,11-12,14,17H2,1-4,6-8H3/b19-13+,26-10+. The van der Waals surface area contributed by atoms with E-state index in [1.165, 1.54) is 23.1 Å². The third-order valence-electron chi connectivity index (χ3n) is 6.53. The Morgan fingerprint density at radius 2 is 1.94 bits per heavy atom. The van der Waals surface area contributed by atoms with Crippen LogP contribution in [0.4, 0.5) is 10.1 Å². The minimum Gasteiger partial charge on any atom is -0.466 e. The van der Waals surface area contributed by atoms with Crippen molar-refractivity contribution in [2.24, 2.45) is 17.3 Å². The molecule has 186 valence electrons. The van der Waals surface area contributed by atoms with Gasteiger partial charge in [0.25, 0.3) is 0 Å². The smallest absolute Gasteiger partial charge is 0.147 e. The Labute approximate surface area is 210 Å². The molecule has 1 aromatic rings. The summed E-state index contributed by atoms with van der Waals surface area (Å²) in [6.07, 6.45) is 8.61. The molecule has 2 unspecified atom stereocenters. The minimum absolute atomic E-state index is 0.0233. The summed E-state index contributed by atoms with van der Waals surface area (Å²) in [7, 11) is 0. The molecule has 1 aromatic carbocycles. The number of rotatable bonds is 8. The number of benzene rings is 1. The summed E-state index contributed by atoms with van der Waals surface area (Å²) in [4.78, 5) is 0.957. The normalized spacial score (nSPS) is 20.8. The fourth-order valence-electron chi connectivity index (χ4n) is 4.99. The number of hydrogen-bond donors (Lipinski definition) is 2. The van der Waals surface area contributed by atoms with Gasteiger partial charge in [-0.05, 0) is 99.7 Å². The second kappa shape index (κ2) is 11.2. The predicted molar refractivity (Wildman–Crippen MR) is 144 cm³/mol. The van der Waals surface area contributed by atoms with Crippen molar-refractivity contribution in [3.05, 3.63) is 70.6 Å². The molecule has 5 heteroatoms. The fourth-order valence-corrected chi connectivity index (χ4v) is 5.80. The molecule has 2 atom stereocenters. The molecule has 1 aliphatic carbocycles. The van der Waals surface area contributed by atoms with Crippen molar-refractivity contribution >= 4 is 17.6 Å². The highest BCUT2D eigenvalue weighted by molar-refractivity contribution is 7.97. The van der Waals surface area contributed by atoms with Gasteiger partial charge in [-0.2, -0.15) is 0 Å². The van der Waals surface area contributed by atoms with Crippen LogP contribution in [-0.4, -0.2) is 0 Å². The largest absolute Gasteiger partial charge is 0.466 e. The summed E-state index contributed by atoms with van der Waals surface area (Å²) in [6, 6.07) is 3.47. The van der Waals surface area contributed by atoms with Crippen LogP contribution in [0.3, 0.4) is 0 Å². The Kier molecular flexibility index (Phi) is 8.75. The van der Waals surface area contributed by atoms with E-state index in [0.717, 1.165) is 59.9 Å². The van der Waals surface area contributed by atoms with E-state index >= 15 is 0 Å². The van der Waals surface area contributed by atoms with Crippen LogP contribution in [0.15, 0.2) is 64.1 Å². The van der Waals surface area contributed by atoms with Gasteiger partial charge in [0.15, 0.2) is 0 Å². The lowest BCUT2D eigenvalue weighted by Gasteiger charge is -2.28. The highest BCUT2D eigenvalue weighted by atomic mass is 32.2. The van der Waals surface area contributed by atoms with Crippen LogP contribution in [0, 0.1) is 23.1 Å². The van der Waals surface area contributed by atoms with E-state index in [0.29, 0.717) is 17.5 Å². The summed E-state index contributed by atoms with van der Waals surface area (Å²) in [5.41, 5.74) is 4.81. The molecule has 0 aromatic heterocycles. The van der Waals surface area contributed by atoms with Crippen LogP contribution in [0.25, 0.3) is 0 Å². The Bertz CT molecular complexity index is 1010. The Hall–Kier alpha value is -1.98. The van der Waals surface area contributed by atoms with E-state index in [4.69, 9.17) is 4.74 Å². The SMILES string of the molecule is C=C(/C=C(\C)C1CCC(/C(=C\CC)OC(=C(C)C)C(C)(C)C)C1)Nc1cc2c(cc1F)SNC2. The molecule has 1 saturated carbocycles. The molecule has 0 saturated heterocycles. The summed E-state index contributed by atoms with van der Waals surface area (Å²) in [5, 5.41) is 3.18. The molecule has 2 N–H and O–H groups in total. The monoisotopic (exact) mass is 484 g/mol. The summed E-state index contributed by atoms with van der Waals surface area (Å²) < 4.78 is 24.3. The number of anilines is 1. The van der Waals surface area contributed by atoms with E-state index < -0.39 is 0 Å². The lowest BCUT2D eigenvalue weighted by molar-refractivity contribution is 0.182. The first kappa shape index (κ1) is 26.6. The zero-order valence-electron chi connectivity index (χ0n) is 21.9. The molecule has 3 nitrogen and oxygen atoms in total. The molecule has 0 amide bonds. The van der Waals surface area contributed by atoms with E-state index in [1.807, 2.05) is 6.07 Å². The molecule has 0 radical (unpaired) electrons. The van der Waals surface area contributed by atoms with Crippen molar-refractivity contribution in [2.45, 2.75) is 85.6 Å². The quantitative estimate of drug-likeness (QED) is 0.219. The van der Waals surface area contributed by atoms with Gasteiger partial charge in [0.05, 0.1) is 5.69 Å². The zero-order chi connectivity index (χ0) is 25.0. The maximum atomic E-state index is 14.5. The van der Waals surface area contributed by atoms with Gasteiger partial charge in [0, 0.05) is 28.5 Å². The maximum Gasteiger partial charge on any atom is 0.147 e. The van der Waals surface area contributed by atoms with Crippen LogP contribution in [0.2, 0.25) is 0 Å². The van der Waals surface area contributed by atoms with Crippen molar-refractivity contribution in [1.82, 2.24) is 4.72 Å². The Morgan fingerprint density at radius 1 is 1.24 bits per heavy atom. The molecule has 0 spiro atoms. The molecule has 2 aliphatic rings. The molecule has 3 rings (SSSR count). The number of ether oxygens (including phenoxy) is 1. The molecule has 34 heavy (non-hydrogen) atoms. The lowest BCUT2D eigenvalue weighted by atomic mass is 9.90. The number of fused-ring (bicyclic) bond motifs is 1. The number of hydrogen-bond acceptors (Lipinski definition) is 4. The second-order valence-electron chi connectivity index (χ2n) is 10.8. The summed E-state index contributed by atoms with van der Waals surface area (Å²) in [6.45, 7) is 20.1. The second-order valence-corrected chi connectivity index (χ2v) is 11.7. The number of allylic oxidation sites excluding steroid dienone is 6. The first-order valence-corrected chi connectivity index (χ1v) is 13.2. The van der Waals surface area contributed by atoms with Crippen LogP contribution in [0.1, 0.15) is 79.7 Å². The number of nitrogens with one attached hydrogen (secondary N) is 2. The van der Waals surface area contributed by atoms with E-state index in [9.17, 15) is 4.39 Å². The predicted octanol–water partition coefficient (Wildman–Crippen LogP) is 8.87. The van der Waals surface area contributed by atoms with Crippen molar-refractivity contribution in [2.75, 3.05) is 5.32 Å². The highest BCUT2D eigenvalue weighted by Crippen LogP contribution is 2.42. The van der Waals surface area contributed by atoms with Crippen LogP contribution < -0.4 is 10.0 Å². The van der Waals surface area contributed by atoms with Gasteiger partial charge < -0.3 is 10.1 Å². The molecular formula is C29H41FN2OS. The average Bonchev–Trinajstić information content (AvgIpc) is 3.39. The van der Waals surface area contributed by atoms with Gasteiger partial charge in [0.1, 0.15) is 17.3 Å². The van der Waals surface area contributed by atoms with Crippen LogP contribution in [0.5, 0.6) is 0 Å². The van der Waals surface area contributed by atoms with Gasteiger partial charge in [-0.3, -0.25) is 4.72 Å². The van der Waals surface area contributed by atoms with Gasteiger partial charge in [-0.25, -0.2) is 4.39 Å². The first-order valence-electron chi connectivity index (χ1n) is 12.4. The van der Waals surface area contributed by atoms with E-state index in [2.05, 4.69) is 77.2 Å². The van der Waals surface area contributed by atoms with Crippen molar-refractivity contribution in [3.63, 3.8) is 0 Å². The molecule has 1 heterocycles. The summed E-state index contributed by atoms with van der Waals surface area (Å²) >= 11 is 1.48. The topological polar surface area (TPSA) is 33.3 Å². The molecular weight excluding hydrogens is 443 g/mol.